The van der Waals surface area contributed by atoms with E-state index in [9.17, 15) is 9.59 Å². The van der Waals surface area contributed by atoms with Crippen LogP contribution in [0.4, 0.5) is 0 Å². The number of carbonyl (C=O) groups excluding carboxylic acids is 2. The maximum absolute atomic E-state index is 13.0. The molecule has 2 amide bonds. The first-order chi connectivity index (χ1) is 13.6. The number of H-pyrrole nitrogens is 1. The van der Waals surface area contributed by atoms with Gasteiger partial charge in [-0.1, -0.05) is 36.4 Å². The van der Waals surface area contributed by atoms with Crippen molar-refractivity contribution in [2.45, 2.75) is 19.8 Å². The van der Waals surface area contributed by atoms with E-state index in [-0.39, 0.29) is 24.8 Å². The van der Waals surface area contributed by atoms with Crippen LogP contribution in [0, 0.1) is 6.92 Å². The van der Waals surface area contributed by atoms with E-state index in [0.29, 0.717) is 18.8 Å². The topological polar surface area (TPSA) is 65.6 Å². The SMILES string of the molecule is Cc1[nH]c2ccccc2c1CC(=O)N1CCCN1C(=O)COc1ccccc1. The molecule has 1 aliphatic heterocycles. The van der Waals surface area contributed by atoms with Gasteiger partial charge < -0.3 is 9.72 Å². The Kier molecular flexibility index (Phi) is 5.02. The van der Waals surface area contributed by atoms with Gasteiger partial charge in [-0.3, -0.25) is 14.6 Å². The molecular formula is C22H23N3O3. The van der Waals surface area contributed by atoms with Crippen molar-refractivity contribution in [3.63, 3.8) is 0 Å². The summed E-state index contributed by atoms with van der Waals surface area (Å²) in [5.74, 6) is 0.367. The highest BCUT2D eigenvalue weighted by atomic mass is 16.5. The number of aryl methyl sites for hydroxylation is 1. The van der Waals surface area contributed by atoms with Gasteiger partial charge in [-0.2, -0.15) is 0 Å². The Balaban J connectivity index is 1.44. The number of carbonyl (C=O) groups is 2. The second kappa shape index (κ2) is 7.76. The molecule has 0 aliphatic carbocycles. The van der Waals surface area contributed by atoms with Crippen molar-refractivity contribution in [3.05, 3.63) is 65.9 Å². The number of para-hydroxylation sites is 2. The lowest BCUT2D eigenvalue weighted by Gasteiger charge is -2.28. The monoisotopic (exact) mass is 377 g/mol. The first-order valence-corrected chi connectivity index (χ1v) is 9.48. The largest absolute Gasteiger partial charge is 0.484 e. The molecule has 1 saturated heterocycles. The van der Waals surface area contributed by atoms with E-state index < -0.39 is 0 Å². The highest BCUT2D eigenvalue weighted by Gasteiger charge is 2.31. The lowest BCUT2D eigenvalue weighted by atomic mass is 10.1. The zero-order chi connectivity index (χ0) is 19.5. The minimum absolute atomic E-state index is 0.0709. The van der Waals surface area contributed by atoms with Gasteiger partial charge in [-0.05, 0) is 37.1 Å². The fourth-order valence-corrected chi connectivity index (χ4v) is 3.67. The molecule has 0 spiro atoms. The van der Waals surface area contributed by atoms with E-state index in [2.05, 4.69) is 4.98 Å². The van der Waals surface area contributed by atoms with Crippen molar-refractivity contribution < 1.29 is 14.3 Å². The lowest BCUT2D eigenvalue weighted by Crippen LogP contribution is -2.47. The molecule has 0 unspecified atom stereocenters. The Morgan fingerprint density at radius 2 is 1.64 bits per heavy atom. The summed E-state index contributed by atoms with van der Waals surface area (Å²) in [6.07, 6.45) is 1.04. The van der Waals surface area contributed by atoms with E-state index in [4.69, 9.17) is 4.74 Å². The van der Waals surface area contributed by atoms with E-state index in [0.717, 1.165) is 28.6 Å². The second-order valence-electron chi connectivity index (χ2n) is 6.94. The summed E-state index contributed by atoms with van der Waals surface area (Å²) in [6.45, 7) is 2.98. The number of nitrogens with zero attached hydrogens (tertiary/aromatic N) is 2. The van der Waals surface area contributed by atoms with Gasteiger partial charge in [-0.15, -0.1) is 0 Å². The van der Waals surface area contributed by atoms with E-state index in [1.807, 2.05) is 49.4 Å². The Hall–Kier alpha value is -3.28. The van der Waals surface area contributed by atoms with Crippen molar-refractivity contribution in [3.8, 4) is 5.75 Å². The molecule has 0 bridgehead atoms. The number of ether oxygens (including phenoxy) is 1. The maximum atomic E-state index is 13.0. The van der Waals surface area contributed by atoms with Crippen molar-refractivity contribution in [2.24, 2.45) is 0 Å². The molecule has 0 saturated carbocycles. The molecule has 144 valence electrons. The van der Waals surface area contributed by atoms with Crippen molar-refractivity contribution >= 4 is 22.7 Å². The third kappa shape index (κ3) is 3.58. The molecule has 2 aromatic carbocycles. The standard InChI is InChI=1S/C22H23N3O3/c1-16-19(18-10-5-6-11-20(18)23-16)14-21(26)24-12-7-13-25(24)22(27)15-28-17-8-3-2-4-9-17/h2-6,8-11,23H,7,12-15H2,1H3. The molecule has 2 heterocycles. The van der Waals surface area contributed by atoms with E-state index in [1.54, 1.807) is 17.1 Å². The highest BCUT2D eigenvalue weighted by molar-refractivity contribution is 5.91. The Morgan fingerprint density at radius 1 is 0.964 bits per heavy atom. The fraction of sp³-hybridized carbons (Fsp3) is 0.273. The molecule has 1 N–H and O–H groups in total. The highest BCUT2D eigenvalue weighted by Crippen LogP contribution is 2.24. The van der Waals surface area contributed by atoms with Crippen LogP contribution in [0.1, 0.15) is 17.7 Å². The minimum atomic E-state index is -0.203. The zero-order valence-corrected chi connectivity index (χ0v) is 15.9. The Labute approximate surface area is 163 Å². The summed E-state index contributed by atoms with van der Waals surface area (Å²) < 4.78 is 5.56. The van der Waals surface area contributed by atoms with Crippen LogP contribution in [0.5, 0.6) is 5.75 Å². The number of aromatic amines is 1. The number of aromatic nitrogens is 1. The summed E-state index contributed by atoms with van der Waals surface area (Å²) >= 11 is 0. The van der Waals surface area contributed by atoms with Crippen LogP contribution in [0.3, 0.4) is 0 Å². The molecule has 1 aliphatic rings. The number of fused-ring (bicyclic) bond motifs is 1. The normalized spacial score (nSPS) is 13.9. The first kappa shape index (κ1) is 18.1. The molecule has 6 heteroatoms. The van der Waals surface area contributed by atoms with Gasteiger partial charge in [-0.25, -0.2) is 5.01 Å². The van der Waals surface area contributed by atoms with Crippen LogP contribution < -0.4 is 4.74 Å². The maximum Gasteiger partial charge on any atom is 0.279 e. The van der Waals surface area contributed by atoms with Crippen LogP contribution in [-0.2, 0) is 16.0 Å². The number of amides is 2. The van der Waals surface area contributed by atoms with Gasteiger partial charge in [0.1, 0.15) is 5.75 Å². The molecule has 28 heavy (non-hydrogen) atoms. The molecule has 1 aromatic heterocycles. The Bertz CT molecular complexity index is 997. The average Bonchev–Trinajstić information content (AvgIpc) is 3.32. The van der Waals surface area contributed by atoms with Crippen molar-refractivity contribution in [2.75, 3.05) is 19.7 Å². The van der Waals surface area contributed by atoms with Gasteiger partial charge in [0.25, 0.3) is 5.91 Å². The van der Waals surface area contributed by atoms with Crippen LogP contribution in [0.2, 0.25) is 0 Å². The molecule has 6 nitrogen and oxygen atoms in total. The summed E-state index contributed by atoms with van der Waals surface area (Å²) in [5.41, 5.74) is 2.99. The van der Waals surface area contributed by atoms with Gasteiger partial charge in [0, 0.05) is 29.7 Å². The van der Waals surface area contributed by atoms with Crippen molar-refractivity contribution in [1.29, 1.82) is 0 Å². The predicted molar refractivity (Wildman–Crippen MR) is 107 cm³/mol. The van der Waals surface area contributed by atoms with Crippen LogP contribution in [0.15, 0.2) is 54.6 Å². The number of rotatable bonds is 5. The van der Waals surface area contributed by atoms with E-state index >= 15 is 0 Å². The third-order valence-electron chi connectivity index (χ3n) is 5.07. The van der Waals surface area contributed by atoms with Crippen molar-refractivity contribution in [1.82, 2.24) is 15.0 Å². The zero-order valence-electron chi connectivity index (χ0n) is 15.9. The van der Waals surface area contributed by atoms with E-state index in [1.165, 1.54) is 5.01 Å². The number of hydrogen-bond donors (Lipinski definition) is 1. The summed E-state index contributed by atoms with van der Waals surface area (Å²) in [6, 6.07) is 17.2. The van der Waals surface area contributed by atoms with Crippen LogP contribution >= 0.6 is 0 Å². The lowest BCUT2D eigenvalue weighted by molar-refractivity contribution is -0.158. The summed E-state index contributed by atoms with van der Waals surface area (Å²) in [5, 5.41) is 4.14. The van der Waals surface area contributed by atoms with Gasteiger partial charge in [0.05, 0.1) is 6.42 Å². The van der Waals surface area contributed by atoms with Gasteiger partial charge >= 0.3 is 0 Å². The molecule has 4 rings (SSSR count). The quantitative estimate of drug-likeness (QED) is 0.743. The molecule has 0 atom stereocenters. The Morgan fingerprint density at radius 3 is 2.43 bits per heavy atom. The number of nitrogens with one attached hydrogen (secondary N) is 1. The van der Waals surface area contributed by atoms with Crippen LogP contribution in [-0.4, -0.2) is 46.5 Å². The molecule has 1 fully saturated rings. The van der Waals surface area contributed by atoms with Crippen LogP contribution in [0.25, 0.3) is 10.9 Å². The fourth-order valence-electron chi connectivity index (χ4n) is 3.67. The molecule has 0 radical (unpaired) electrons. The van der Waals surface area contributed by atoms with Gasteiger partial charge in [0.15, 0.2) is 6.61 Å². The average molecular weight is 377 g/mol. The first-order valence-electron chi connectivity index (χ1n) is 9.48. The summed E-state index contributed by atoms with van der Waals surface area (Å²) in [7, 11) is 0. The van der Waals surface area contributed by atoms with Gasteiger partial charge in [0.2, 0.25) is 5.91 Å². The third-order valence-corrected chi connectivity index (χ3v) is 5.07. The predicted octanol–water partition coefficient (Wildman–Crippen LogP) is 3.07. The number of hydrogen-bond acceptors (Lipinski definition) is 3. The smallest absolute Gasteiger partial charge is 0.279 e. The molecule has 3 aromatic rings. The number of hydrazine groups is 1. The molecular weight excluding hydrogens is 354 g/mol. The second-order valence-corrected chi connectivity index (χ2v) is 6.94. The summed E-state index contributed by atoms with van der Waals surface area (Å²) in [4.78, 5) is 28.9. The minimum Gasteiger partial charge on any atom is -0.484 e. The number of benzene rings is 2.